The van der Waals surface area contributed by atoms with Gasteiger partial charge in [-0.25, -0.2) is 4.79 Å². The summed E-state index contributed by atoms with van der Waals surface area (Å²) in [5, 5.41) is 0. The summed E-state index contributed by atoms with van der Waals surface area (Å²) in [6, 6.07) is 7.53. The molecule has 120 valence electrons. The lowest BCUT2D eigenvalue weighted by atomic mass is 9.84. The van der Waals surface area contributed by atoms with Gasteiger partial charge in [0.05, 0.1) is 18.6 Å². The Morgan fingerprint density at radius 2 is 2.18 bits per heavy atom. The van der Waals surface area contributed by atoms with E-state index < -0.39 is 11.8 Å². The average molecular weight is 304 g/mol. The molecular formula is C17H24N2O3. The van der Waals surface area contributed by atoms with Crippen molar-refractivity contribution >= 4 is 12.0 Å². The van der Waals surface area contributed by atoms with Crippen LogP contribution in [0, 0.1) is 6.92 Å². The largest absolute Gasteiger partial charge is 0.450 e. The summed E-state index contributed by atoms with van der Waals surface area (Å²) in [6.45, 7) is 4.70. The molecule has 0 aromatic heterocycles. The molecule has 1 fully saturated rings. The summed E-state index contributed by atoms with van der Waals surface area (Å²) >= 11 is 0. The van der Waals surface area contributed by atoms with E-state index in [1.54, 1.807) is 11.8 Å². The first-order valence-corrected chi connectivity index (χ1v) is 7.84. The molecule has 1 saturated heterocycles. The van der Waals surface area contributed by atoms with Crippen molar-refractivity contribution in [1.82, 2.24) is 4.90 Å². The maximum atomic E-state index is 12.2. The van der Waals surface area contributed by atoms with Crippen molar-refractivity contribution in [3.63, 3.8) is 0 Å². The number of likely N-dealkylation sites (tertiary alicyclic amines) is 1. The fraction of sp³-hybridized carbons (Fsp3) is 0.529. The molecular weight excluding hydrogens is 280 g/mol. The molecule has 1 aliphatic heterocycles. The fourth-order valence-electron chi connectivity index (χ4n) is 3.18. The minimum Gasteiger partial charge on any atom is -0.450 e. The Balaban J connectivity index is 2.32. The van der Waals surface area contributed by atoms with Crippen LogP contribution in [-0.4, -0.2) is 36.1 Å². The zero-order chi connectivity index (χ0) is 16.1. The van der Waals surface area contributed by atoms with Crippen molar-refractivity contribution < 1.29 is 14.3 Å². The van der Waals surface area contributed by atoms with Crippen LogP contribution in [0.5, 0.6) is 0 Å². The van der Waals surface area contributed by atoms with Gasteiger partial charge in [0, 0.05) is 6.54 Å². The minimum atomic E-state index is -0.496. The molecule has 1 heterocycles. The number of rotatable bonds is 4. The van der Waals surface area contributed by atoms with Gasteiger partial charge in [0.15, 0.2) is 0 Å². The molecule has 0 aliphatic carbocycles. The molecule has 1 aromatic rings. The zero-order valence-electron chi connectivity index (χ0n) is 13.2. The standard InChI is InChI=1S/C17H24N2O3/c1-3-22-17(21)19-10-5-4-9-14(19)15(16(18)20)13-8-6-7-12(2)11-13/h6-8,11,14-15H,3-5,9-10H2,1-2H3,(H2,18,20). The number of aryl methyl sites for hydroxylation is 1. The van der Waals surface area contributed by atoms with Crippen molar-refractivity contribution in [2.45, 2.75) is 45.1 Å². The molecule has 2 N–H and O–H groups in total. The van der Waals surface area contributed by atoms with E-state index in [4.69, 9.17) is 10.5 Å². The summed E-state index contributed by atoms with van der Waals surface area (Å²) < 4.78 is 5.14. The highest BCUT2D eigenvalue weighted by atomic mass is 16.6. The Kier molecular flexibility index (Phi) is 5.41. The number of carbonyl (C=O) groups is 2. The number of primary amides is 1. The molecule has 2 rings (SSSR count). The Labute approximate surface area is 131 Å². The molecule has 5 nitrogen and oxygen atoms in total. The first-order valence-electron chi connectivity index (χ1n) is 7.84. The summed E-state index contributed by atoms with van der Waals surface area (Å²) in [5.74, 6) is -0.892. The van der Waals surface area contributed by atoms with Gasteiger partial charge >= 0.3 is 6.09 Å². The zero-order valence-corrected chi connectivity index (χ0v) is 13.2. The van der Waals surface area contributed by atoms with E-state index in [0.29, 0.717) is 13.2 Å². The highest BCUT2D eigenvalue weighted by Crippen LogP contribution is 2.31. The number of piperidine rings is 1. The van der Waals surface area contributed by atoms with Crippen LogP contribution >= 0.6 is 0 Å². The maximum Gasteiger partial charge on any atom is 0.410 e. The first-order chi connectivity index (χ1) is 10.5. The predicted molar refractivity (Wildman–Crippen MR) is 84.5 cm³/mol. The lowest BCUT2D eigenvalue weighted by Gasteiger charge is -2.38. The van der Waals surface area contributed by atoms with Crippen LogP contribution in [0.4, 0.5) is 4.79 Å². The molecule has 5 heteroatoms. The van der Waals surface area contributed by atoms with E-state index in [1.807, 2.05) is 31.2 Å². The van der Waals surface area contributed by atoms with Crippen molar-refractivity contribution in [2.24, 2.45) is 5.73 Å². The third-order valence-electron chi connectivity index (χ3n) is 4.14. The van der Waals surface area contributed by atoms with Gasteiger partial charge in [-0.1, -0.05) is 29.8 Å². The Hall–Kier alpha value is -2.04. The molecule has 0 bridgehead atoms. The highest BCUT2D eigenvalue weighted by Gasteiger charge is 2.37. The highest BCUT2D eigenvalue weighted by molar-refractivity contribution is 5.84. The summed E-state index contributed by atoms with van der Waals surface area (Å²) in [6.07, 6.45) is 2.32. The van der Waals surface area contributed by atoms with Crippen molar-refractivity contribution in [2.75, 3.05) is 13.2 Å². The molecule has 1 aromatic carbocycles. The van der Waals surface area contributed by atoms with Gasteiger partial charge in [-0.3, -0.25) is 4.79 Å². The van der Waals surface area contributed by atoms with Crippen LogP contribution in [0.25, 0.3) is 0 Å². The lowest BCUT2D eigenvalue weighted by Crippen LogP contribution is -2.50. The number of amides is 2. The number of ether oxygens (including phenoxy) is 1. The van der Waals surface area contributed by atoms with Gasteiger partial charge < -0.3 is 15.4 Å². The van der Waals surface area contributed by atoms with Crippen LogP contribution in [0.2, 0.25) is 0 Å². The quantitative estimate of drug-likeness (QED) is 0.929. The molecule has 1 aliphatic rings. The SMILES string of the molecule is CCOC(=O)N1CCCCC1C(C(N)=O)c1cccc(C)c1. The fourth-order valence-corrected chi connectivity index (χ4v) is 3.18. The number of hydrogen-bond donors (Lipinski definition) is 1. The first kappa shape index (κ1) is 16.3. The predicted octanol–water partition coefficient (Wildman–Crippen LogP) is 2.57. The molecule has 2 unspecified atom stereocenters. The minimum absolute atomic E-state index is 0.230. The van der Waals surface area contributed by atoms with E-state index >= 15 is 0 Å². The Morgan fingerprint density at radius 1 is 1.41 bits per heavy atom. The topological polar surface area (TPSA) is 72.6 Å². The van der Waals surface area contributed by atoms with Crippen LogP contribution in [0.3, 0.4) is 0 Å². The van der Waals surface area contributed by atoms with Crippen LogP contribution < -0.4 is 5.73 Å². The van der Waals surface area contributed by atoms with Crippen LogP contribution in [0.1, 0.15) is 43.2 Å². The smallest absolute Gasteiger partial charge is 0.410 e. The number of nitrogens with two attached hydrogens (primary N) is 1. The number of carbonyl (C=O) groups excluding carboxylic acids is 2. The van der Waals surface area contributed by atoms with Crippen molar-refractivity contribution in [3.05, 3.63) is 35.4 Å². The van der Waals surface area contributed by atoms with Crippen LogP contribution in [0.15, 0.2) is 24.3 Å². The number of nitrogens with zero attached hydrogens (tertiary/aromatic N) is 1. The Morgan fingerprint density at radius 3 is 2.82 bits per heavy atom. The van der Waals surface area contributed by atoms with Gasteiger partial charge in [0.25, 0.3) is 0 Å². The molecule has 0 radical (unpaired) electrons. The van der Waals surface area contributed by atoms with E-state index in [9.17, 15) is 9.59 Å². The van der Waals surface area contributed by atoms with Gasteiger partial charge in [-0.2, -0.15) is 0 Å². The third-order valence-corrected chi connectivity index (χ3v) is 4.14. The monoisotopic (exact) mass is 304 g/mol. The second-order valence-corrected chi connectivity index (χ2v) is 5.75. The normalized spacial score (nSPS) is 19.5. The van der Waals surface area contributed by atoms with Gasteiger partial charge in [-0.05, 0) is 38.7 Å². The number of hydrogen-bond acceptors (Lipinski definition) is 3. The van der Waals surface area contributed by atoms with Crippen LogP contribution in [-0.2, 0) is 9.53 Å². The van der Waals surface area contributed by atoms with Gasteiger partial charge in [0.2, 0.25) is 5.91 Å². The van der Waals surface area contributed by atoms with Crippen molar-refractivity contribution in [1.29, 1.82) is 0 Å². The summed E-state index contributed by atoms with van der Waals surface area (Å²) in [5.41, 5.74) is 7.61. The second-order valence-electron chi connectivity index (χ2n) is 5.75. The third kappa shape index (κ3) is 3.59. The van der Waals surface area contributed by atoms with Gasteiger partial charge in [0.1, 0.15) is 0 Å². The number of benzene rings is 1. The molecule has 2 atom stereocenters. The Bertz CT molecular complexity index is 544. The molecule has 2 amide bonds. The van der Waals surface area contributed by atoms with Gasteiger partial charge in [-0.15, -0.1) is 0 Å². The van der Waals surface area contributed by atoms with E-state index in [0.717, 1.165) is 30.4 Å². The molecule has 22 heavy (non-hydrogen) atoms. The maximum absolute atomic E-state index is 12.2. The molecule has 0 spiro atoms. The lowest BCUT2D eigenvalue weighted by molar-refractivity contribution is -0.121. The molecule has 0 saturated carbocycles. The average Bonchev–Trinajstić information content (AvgIpc) is 2.48. The second kappa shape index (κ2) is 7.29. The summed E-state index contributed by atoms with van der Waals surface area (Å²) in [7, 11) is 0. The van der Waals surface area contributed by atoms with E-state index in [1.165, 1.54) is 0 Å². The van der Waals surface area contributed by atoms with Crippen molar-refractivity contribution in [3.8, 4) is 0 Å². The summed E-state index contributed by atoms with van der Waals surface area (Å²) in [4.78, 5) is 25.9. The van der Waals surface area contributed by atoms with E-state index in [2.05, 4.69) is 0 Å². The van der Waals surface area contributed by atoms with E-state index in [-0.39, 0.29) is 12.1 Å².